The number of benzene rings is 1. The van der Waals surface area contributed by atoms with E-state index in [0.29, 0.717) is 17.7 Å². The number of amides is 2. The van der Waals surface area contributed by atoms with Crippen molar-refractivity contribution < 1.29 is 9.59 Å². The second-order valence-corrected chi connectivity index (χ2v) is 4.20. The van der Waals surface area contributed by atoms with Crippen LogP contribution in [0.1, 0.15) is 29.3 Å². The van der Waals surface area contributed by atoms with Gasteiger partial charge in [0, 0.05) is 19.2 Å². The van der Waals surface area contributed by atoms with Crippen molar-refractivity contribution in [2.75, 3.05) is 20.1 Å². The predicted molar refractivity (Wildman–Crippen MR) is 71.4 cm³/mol. The molecular formula is C14H17N3O2. The number of carbonyl (C=O) groups excluding carboxylic acids is 2. The highest BCUT2D eigenvalue weighted by Crippen LogP contribution is 2.06. The summed E-state index contributed by atoms with van der Waals surface area (Å²) in [7, 11) is 1.58. The van der Waals surface area contributed by atoms with Gasteiger partial charge in [-0.05, 0) is 30.7 Å². The van der Waals surface area contributed by atoms with E-state index < -0.39 is 0 Å². The Morgan fingerprint density at radius 3 is 2.47 bits per heavy atom. The van der Waals surface area contributed by atoms with E-state index in [9.17, 15) is 9.59 Å². The van der Waals surface area contributed by atoms with Gasteiger partial charge in [-0.25, -0.2) is 0 Å². The number of hydrogen-bond acceptors (Lipinski definition) is 3. The van der Waals surface area contributed by atoms with Gasteiger partial charge in [-0.15, -0.1) is 0 Å². The van der Waals surface area contributed by atoms with Gasteiger partial charge in [-0.3, -0.25) is 9.59 Å². The summed E-state index contributed by atoms with van der Waals surface area (Å²) in [5, 5.41) is 11.4. The average molecular weight is 259 g/mol. The number of nitrogens with zero attached hydrogens (tertiary/aromatic N) is 2. The first-order valence-electron chi connectivity index (χ1n) is 6.10. The molecule has 0 bridgehead atoms. The van der Waals surface area contributed by atoms with Gasteiger partial charge in [-0.1, -0.05) is 6.92 Å². The lowest BCUT2D eigenvalue weighted by atomic mass is 10.1. The predicted octanol–water partition coefficient (Wildman–Crippen LogP) is 1.16. The summed E-state index contributed by atoms with van der Waals surface area (Å²) >= 11 is 0. The third-order valence-electron chi connectivity index (χ3n) is 2.56. The second-order valence-electron chi connectivity index (χ2n) is 4.20. The molecule has 19 heavy (non-hydrogen) atoms. The lowest BCUT2D eigenvalue weighted by Gasteiger charge is -2.16. The maximum Gasteiger partial charge on any atom is 0.254 e. The fourth-order valence-corrected chi connectivity index (χ4v) is 1.52. The highest BCUT2D eigenvalue weighted by molar-refractivity contribution is 5.96. The molecule has 5 heteroatoms. The van der Waals surface area contributed by atoms with Crippen LogP contribution in [0.15, 0.2) is 24.3 Å². The molecule has 0 aromatic heterocycles. The molecular weight excluding hydrogens is 242 g/mol. The number of nitriles is 1. The number of nitrogens with one attached hydrogen (secondary N) is 1. The molecule has 0 heterocycles. The zero-order valence-electron chi connectivity index (χ0n) is 11.1. The largest absolute Gasteiger partial charge is 0.355 e. The van der Waals surface area contributed by atoms with Crippen molar-refractivity contribution in [3.63, 3.8) is 0 Å². The molecule has 1 N–H and O–H groups in total. The van der Waals surface area contributed by atoms with E-state index in [1.807, 2.05) is 13.0 Å². The Morgan fingerprint density at radius 2 is 1.95 bits per heavy atom. The smallest absolute Gasteiger partial charge is 0.254 e. The highest BCUT2D eigenvalue weighted by Gasteiger charge is 2.14. The Labute approximate surface area is 112 Å². The van der Waals surface area contributed by atoms with E-state index in [1.54, 1.807) is 31.3 Å². The minimum absolute atomic E-state index is 0.0266. The monoisotopic (exact) mass is 259 g/mol. The van der Waals surface area contributed by atoms with Gasteiger partial charge in [0.25, 0.3) is 5.91 Å². The van der Waals surface area contributed by atoms with Crippen LogP contribution in [0.2, 0.25) is 0 Å². The number of hydrogen-bond donors (Lipinski definition) is 1. The number of carbonyl (C=O) groups is 2. The molecule has 0 radical (unpaired) electrons. The summed E-state index contributed by atoms with van der Waals surface area (Å²) in [6.07, 6.45) is 0.860. The van der Waals surface area contributed by atoms with Gasteiger partial charge >= 0.3 is 0 Å². The van der Waals surface area contributed by atoms with Crippen LogP contribution in [0.25, 0.3) is 0 Å². The first kappa shape index (κ1) is 14.7. The second kappa shape index (κ2) is 7.17. The molecule has 0 fully saturated rings. The van der Waals surface area contributed by atoms with Crippen LogP contribution in [-0.4, -0.2) is 36.9 Å². The van der Waals surface area contributed by atoms with Gasteiger partial charge in [0.2, 0.25) is 5.91 Å². The third-order valence-corrected chi connectivity index (χ3v) is 2.56. The summed E-state index contributed by atoms with van der Waals surface area (Å²) < 4.78 is 0. The normalized spacial score (nSPS) is 9.53. The minimum atomic E-state index is -0.240. The van der Waals surface area contributed by atoms with Crippen molar-refractivity contribution in [2.24, 2.45) is 0 Å². The molecule has 5 nitrogen and oxygen atoms in total. The van der Waals surface area contributed by atoms with E-state index in [0.717, 1.165) is 6.42 Å². The quantitative estimate of drug-likeness (QED) is 0.862. The summed E-state index contributed by atoms with van der Waals surface area (Å²) in [6, 6.07) is 8.32. The van der Waals surface area contributed by atoms with E-state index >= 15 is 0 Å². The highest BCUT2D eigenvalue weighted by atomic mass is 16.2. The van der Waals surface area contributed by atoms with Crippen LogP contribution >= 0.6 is 0 Å². The molecule has 0 saturated heterocycles. The Bertz CT molecular complexity index is 488. The summed E-state index contributed by atoms with van der Waals surface area (Å²) in [5.74, 6) is -0.414. The van der Waals surface area contributed by atoms with E-state index in [-0.39, 0.29) is 18.4 Å². The first-order chi connectivity index (χ1) is 9.08. The molecule has 2 amide bonds. The fourth-order valence-electron chi connectivity index (χ4n) is 1.52. The lowest BCUT2D eigenvalue weighted by Crippen LogP contribution is -2.38. The molecule has 100 valence electrons. The molecule has 0 unspecified atom stereocenters. The number of rotatable bonds is 5. The van der Waals surface area contributed by atoms with Crippen LogP contribution in [0.3, 0.4) is 0 Å². The summed E-state index contributed by atoms with van der Waals surface area (Å²) in [5.41, 5.74) is 0.963. The molecule has 0 atom stereocenters. The Morgan fingerprint density at radius 1 is 1.32 bits per heavy atom. The maximum absolute atomic E-state index is 12.0. The fraction of sp³-hybridized carbons (Fsp3) is 0.357. The van der Waals surface area contributed by atoms with Crippen molar-refractivity contribution >= 4 is 11.8 Å². The molecule has 0 aliphatic heterocycles. The Kier molecular flexibility index (Phi) is 5.55. The van der Waals surface area contributed by atoms with Crippen molar-refractivity contribution in [3.05, 3.63) is 35.4 Å². The summed E-state index contributed by atoms with van der Waals surface area (Å²) in [4.78, 5) is 24.9. The van der Waals surface area contributed by atoms with Crippen LogP contribution in [0.5, 0.6) is 0 Å². The van der Waals surface area contributed by atoms with Crippen molar-refractivity contribution in [1.29, 1.82) is 5.26 Å². The Hall–Kier alpha value is -2.35. The van der Waals surface area contributed by atoms with E-state index in [4.69, 9.17) is 5.26 Å². The lowest BCUT2D eigenvalue weighted by molar-refractivity contribution is -0.121. The van der Waals surface area contributed by atoms with E-state index in [2.05, 4.69) is 5.32 Å². The maximum atomic E-state index is 12.0. The van der Waals surface area contributed by atoms with Crippen LogP contribution in [0.4, 0.5) is 0 Å². The SMILES string of the molecule is CCCNC(=O)CN(C)C(=O)c1ccc(C#N)cc1. The van der Waals surface area contributed by atoms with Gasteiger partial charge in [-0.2, -0.15) is 5.26 Å². The van der Waals surface area contributed by atoms with Crippen LogP contribution in [-0.2, 0) is 4.79 Å². The van der Waals surface area contributed by atoms with Gasteiger partial charge in [0.1, 0.15) is 0 Å². The molecule has 1 aromatic carbocycles. The molecule has 0 aliphatic rings. The molecule has 0 spiro atoms. The van der Waals surface area contributed by atoms with Crippen molar-refractivity contribution in [1.82, 2.24) is 10.2 Å². The Balaban J connectivity index is 2.61. The van der Waals surface area contributed by atoms with Crippen molar-refractivity contribution in [3.8, 4) is 6.07 Å². The summed E-state index contributed by atoms with van der Waals surface area (Å²) in [6.45, 7) is 2.60. The minimum Gasteiger partial charge on any atom is -0.355 e. The van der Waals surface area contributed by atoms with Crippen LogP contribution in [0, 0.1) is 11.3 Å². The average Bonchev–Trinajstić information content (AvgIpc) is 2.44. The number of likely N-dealkylation sites (N-methyl/N-ethyl adjacent to an activating group) is 1. The van der Waals surface area contributed by atoms with Gasteiger partial charge < -0.3 is 10.2 Å². The van der Waals surface area contributed by atoms with Gasteiger partial charge in [0.15, 0.2) is 0 Å². The molecule has 1 aromatic rings. The third kappa shape index (κ3) is 4.43. The topological polar surface area (TPSA) is 73.2 Å². The molecule has 0 aliphatic carbocycles. The standard InChI is InChI=1S/C14H17N3O2/c1-3-8-16-13(18)10-17(2)14(19)12-6-4-11(9-15)5-7-12/h4-7H,3,8,10H2,1-2H3,(H,16,18). The zero-order chi connectivity index (χ0) is 14.3. The van der Waals surface area contributed by atoms with E-state index in [1.165, 1.54) is 4.90 Å². The molecule has 1 rings (SSSR count). The first-order valence-corrected chi connectivity index (χ1v) is 6.10. The van der Waals surface area contributed by atoms with Crippen LogP contribution < -0.4 is 5.32 Å². The van der Waals surface area contributed by atoms with Crippen molar-refractivity contribution in [2.45, 2.75) is 13.3 Å². The zero-order valence-corrected chi connectivity index (χ0v) is 11.1. The van der Waals surface area contributed by atoms with Gasteiger partial charge in [0.05, 0.1) is 18.2 Å². The molecule has 0 saturated carbocycles.